The number of hydrogen-bond donors (Lipinski definition) is 1. The molecule has 0 bridgehead atoms. The minimum Gasteiger partial charge on any atom is -0.457 e. The van der Waals surface area contributed by atoms with Crippen LogP contribution < -0.4 is 10.5 Å². The zero-order valence-corrected chi connectivity index (χ0v) is 17.1. The van der Waals surface area contributed by atoms with Gasteiger partial charge in [0.1, 0.15) is 23.5 Å². The Bertz CT molecular complexity index is 1120. The topological polar surface area (TPSA) is 93.7 Å². The fourth-order valence-electron chi connectivity index (χ4n) is 4.21. The van der Waals surface area contributed by atoms with E-state index in [2.05, 4.69) is 9.97 Å². The Labute approximate surface area is 180 Å². The number of nitrogens with zero attached hydrogens (tertiary/aromatic N) is 4. The van der Waals surface area contributed by atoms with Gasteiger partial charge in [-0.3, -0.25) is 4.79 Å². The molecule has 1 aliphatic heterocycles. The number of aromatic nitrogens is 2. The normalized spacial score (nSPS) is 16.6. The first-order valence-corrected chi connectivity index (χ1v) is 10.5. The fraction of sp³-hybridized carbons (Fsp3) is 0.250. The van der Waals surface area contributed by atoms with Crippen LogP contribution in [0.2, 0.25) is 0 Å². The molecule has 2 heterocycles. The predicted octanol–water partition coefficient (Wildman–Crippen LogP) is 4.37. The molecule has 7 nitrogen and oxygen atoms in total. The second-order valence-corrected chi connectivity index (χ2v) is 7.83. The third-order valence-electron chi connectivity index (χ3n) is 5.81. The molecule has 1 saturated carbocycles. The number of amides is 1. The van der Waals surface area contributed by atoms with E-state index in [1.807, 2.05) is 59.5 Å². The SMILES string of the molecule is Nc1ncnc2c1N=C(c1ccc(Oc3ccccc3)cc1)CN(C1CCCC1)C2=O. The highest BCUT2D eigenvalue weighted by molar-refractivity contribution is 6.11. The summed E-state index contributed by atoms with van der Waals surface area (Å²) in [6.45, 7) is 0.415. The Morgan fingerprint density at radius 1 is 0.935 bits per heavy atom. The molecular formula is C24H23N5O2. The first-order chi connectivity index (χ1) is 15.2. The summed E-state index contributed by atoms with van der Waals surface area (Å²) in [6.07, 6.45) is 5.59. The largest absolute Gasteiger partial charge is 0.457 e. The first kappa shape index (κ1) is 19.2. The number of nitrogen functional groups attached to an aromatic ring is 1. The van der Waals surface area contributed by atoms with Gasteiger partial charge in [0.05, 0.1) is 12.3 Å². The minimum atomic E-state index is -0.126. The van der Waals surface area contributed by atoms with Crippen LogP contribution in [0, 0.1) is 0 Å². The second kappa shape index (κ2) is 8.18. The molecule has 0 atom stereocenters. The van der Waals surface area contributed by atoms with Crippen molar-refractivity contribution in [1.29, 1.82) is 0 Å². The van der Waals surface area contributed by atoms with Crippen molar-refractivity contribution in [2.75, 3.05) is 12.3 Å². The molecule has 0 saturated heterocycles. The number of carbonyl (C=O) groups is 1. The highest BCUT2D eigenvalue weighted by atomic mass is 16.5. The van der Waals surface area contributed by atoms with Gasteiger partial charge in [0.15, 0.2) is 11.5 Å². The van der Waals surface area contributed by atoms with Crippen molar-refractivity contribution in [2.45, 2.75) is 31.7 Å². The molecule has 2 aliphatic rings. The molecular weight excluding hydrogens is 390 g/mol. The van der Waals surface area contributed by atoms with Gasteiger partial charge in [-0.05, 0) is 54.8 Å². The van der Waals surface area contributed by atoms with E-state index in [-0.39, 0.29) is 23.5 Å². The zero-order chi connectivity index (χ0) is 21.2. The first-order valence-electron chi connectivity index (χ1n) is 10.5. The standard InChI is InChI=1S/C24H23N5O2/c25-23-21-22(26-15-27-23)24(30)29(17-6-4-5-7-17)14-20(28-21)16-10-12-19(13-11-16)31-18-8-2-1-3-9-18/h1-3,8-13,15,17H,4-7,14H2,(H2,25,26,27). The Morgan fingerprint density at radius 3 is 2.39 bits per heavy atom. The summed E-state index contributed by atoms with van der Waals surface area (Å²) < 4.78 is 5.90. The number of fused-ring (bicyclic) bond motifs is 1. The minimum absolute atomic E-state index is 0.126. The molecule has 7 heteroatoms. The predicted molar refractivity (Wildman–Crippen MR) is 119 cm³/mol. The average molecular weight is 413 g/mol. The summed E-state index contributed by atoms with van der Waals surface area (Å²) in [5, 5.41) is 0. The molecule has 1 amide bonds. The monoisotopic (exact) mass is 413 g/mol. The van der Waals surface area contributed by atoms with Crippen molar-refractivity contribution >= 4 is 23.1 Å². The van der Waals surface area contributed by atoms with E-state index < -0.39 is 0 Å². The van der Waals surface area contributed by atoms with E-state index in [9.17, 15) is 4.79 Å². The van der Waals surface area contributed by atoms with Crippen molar-refractivity contribution in [1.82, 2.24) is 14.9 Å². The molecule has 2 N–H and O–H groups in total. The van der Waals surface area contributed by atoms with Crippen LogP contribution in [0.5, 0.6) is 11.5 Å². The summed E-state index contributed by atoms with van der Waals surface area (Å²) in [7, 11) is 0. The summed E-state index contributed by atoms with van der Waals surface area (Å²) in [6, 6.07) is 17.6. The number of aliphatic imine (C=N–C) groups is 1. The number of rotatable bonds is 4. The van der Waals surface area contributed by atoms with Gasteiger partial charge in [0, 0.05) is 6.04 Å². The molecule has 1 aromatic heterocycles. The van der Waals surface area contributed by atoms with Crippen LogP contribution in [-0.2, 0) is 0 Å². The number of ether oxygens (including phenoxy) is 1. The van der Waals surface area contributed by atoms with Gasteiger partial charge < -0.3 is 15.4 Å². The van der Waals surface area contributed by atoms with Gasteiger partial charge in [0.2, 0.25) is 0 Å². The number of anilines is 1. The molecule has 1 aliphatic carbocycles. The van der Waals surface area contributed by atoms with Crippen molar-refractivity contribution < 1.29 is 9.53 Å². The van der Waals surface area contributed by atoms with Gasteiger partial charge in [0.25, 0.3) is 5.91 Å². The highest BCUT2D eigenvalue weighted by Crippen LogP contribution is 2.32. The van der Waals surface area contributed by atoms with Crippen molar-refractivity contribution in [3.05, 3.63) is 72.2 Å². The molecule has 5 rings (SSSR count). The van der Waals surface area contributed by atoms with Crippen LogP contribution in [-0.4, -0.2) is 39.1 Å². The Morgan fingerprint density at radius 2 is 1.65 bits per heavy atom. The third kappa shape index (κ3) is 3.86. The van der Waals surface area contributed by atoms with Crippen LogP contribution in [0.15, 0.2) is 65.9 Å². The van der Waals surface area contributed by atoms with Crippen molar-refractivity contribution in [3.8, 4) is 11.5 Å². The number of para-hydroxylation sites is 1. The van der Waals surface area contributed by atoms with Crippen molar-refractivity contribution in [3.63, 3.8) is 0 Å². The van der Waals surface area contributed by atoms with Gasteiger partial charge >= 0.3 is 0 Å². The summed E-state index contributed by atoms with van der Waals surface area (Å²) in [5.41, 5.74) is 8.38. The summed E-state index contributed by atoms with van der Waals surface area (Å²) in [5.74, 6) is 1.60. The van der Waals surface area contributed by atoms with Gasteiger partial charge in [-0.1, -0.05) is 31.0 Å². The van der Waals surface area contributed by atoms with Crippen LogP contribution in [0.4, 0.5) is 11.5 Å². The quantitative estimate of drug-likeness (QED) is 0.685. The number of benzene rings is 2. The zero-order valence-electron chi connectivity index (χ0n) is 17.1. The molecule has 31 heavy (non-hydrogen) atoms. The Balaban J connectivity index is 1.49. The maximum atomic E-state index is 13.3. The average Bonchev–Trinajstić information content (AvgIpc) is 3.28. The van der Waals surface area contributed by atoms with E-state index in [1.165, 1.54) is 6.33 Å². The highest BCUT2D eigenvalue weighted by Gasteiger charge is 2.33. The summed E-state index contributed by atoms with van der Waals surface area (Å²) >= 11 is 0. The van der Waals surface area contributed by atoms with Crippen LogP contribution >= 0.6 is 0 Å². The molecule has 2 aromatic carbocycles. The molecule has 0 unspecified atom stereocenters. The van der Waals surface area contributed by atoms with E-state index in [1.54, 1.807) is 0 Å². The Kier molecular flexibility index (Phi) is 5.08. The molecule has 0 radical (unpaired) electrons. The lowest BCUT2D eigenvalue weighted by Gasteiger charge is -2.28. The van der Waals surface area contributed by atoms with Crippen LogP contribution in [0.1, 0.15) is 41.7 Å². The van der Waals surface area contributed by atoms with E-state index >= 15 is 0 Å². The maximum Gasteiger partial charge on any atom is 0.275 e. The van der Waals surface area contributed by atoms with E-state index in [0.717, 1.165) is 48.5 Å². The molecule has 3 aromatic rings. The van der Waals surface area contributed by atoms with E-state index in [0.29, 0.717) is 12.2 Å². The lowest BCUT2D eigenvalue weighted by molar-refractivity contribution is 0.0711. The number of nitrogens with two attached hydrogens (primary N) is 1. The fourth-order valence-corrected chi connectivity index (χ4v) is 4.21. The van der Waals surface area contributed by atoms with Gasteiger partial charge in [-0.15, -0.1) is 0 Å². The number of carbonyl (C=O) groups excluding carboxylic acids is 1. The maximum absolute atomic E-state index is 13.3. The van der Waals surface area contributed by atoms with E-state index in [4.69, 9.17) is 15.5 Å². The lowest BCUT2D eigenvalue weighted by atomic mass is 10.1. The molecule has 156 valence electrons. The van der Waals surface area contributed by atoms with Gasteiger partial charge in [-0.2, -0.15) is 0 Å². The third-order valence-corrected chi connectivity index (χ3v) is 5.81. The lowest BCUT2D eigenvalue weighted by Crippen LogP contribution is -2.41. The van der Waals surface area contributed by atoms with Crippen LogP contribution in [0.3, 0.4) is 0 Å². The smallest absolute Gasteiger partial charge is 0.275 e. The van der Waals surface area contributed by atoms with Crippen LogP contribution in [0.25, 0.3) is 0 Å². The number of hydrogen-bond acceptors (Lipinski definition) is 6. The van der Waals surface area contributed by atoms with Crippen molar-refractivity contribution in [2.24, 2.45) is 4.99 Å². The Hall–Kier alpha value is -3.74. The molecule has 1 fully saturated rings. The molecule has 0 spiro atoms. The van der Waals surface area contributed by atoms with Gasteiger partial charge in [-0.25, -0.2) is 15.0 Å². The summed E-state index contributed by atoms with van der Waals surface area (Å²) in [4.78, 5) is 28.2. The second-order valence-electron chi connectivity index (χ2n) is 7.83.